The third kappa shape index (κ3) is 4.62. The van der Waals surface area contributed by atoms with Crippen LogP contribution in [0.4, 0.5) is 0 Å². The van der Waals surface area contributed by atoms with Gasteiger partial charge in [0.15, 0.2) is 9.84 Å². The van der Waals surface area contributed by atoms with Crippen LogP contribution in [0.2, 0.25) is 0 Å². The van der Waals surface area contributed by atoms with Crippen LogP contribution in [0, 0.1) is 6.92 Å². The molecule has 1 aromatic heterocycles. The predicted molar refractivity (Wildman–Crippen MR) is 113 cm³/mol. The van der Waals surface area contributed by atoms with Crippen molar-refractivity contribution in [2.45, 2.75) is 44.8 Å². The van der Waals surface area contributed by atoms with Crippen molar-refractivity contribution in [3.63, 3.8) is 0 Å². The molecule has 2 fully saturated rings. The number of H-pyrrole nitrogens is 1. The van der Waals surface area contributed by atoms with Crippen molar-refractivity contribution in [1.29, 1.82) is 0 Å². The number of sulfone groups is 1. The Morgan fingerprint density at radius 1 is 1.24 bits per heavy atom. The summed E-state index contributed by atoms with van der Waals surface area (Å²) in [4.78, 5) is 22.7. The molecule has 2 atom stereocenters. The first kappa shape index (κ1) is 20.3. The highest BCUT2D eigenvalue weighted by Gasteiger charge is 2.39. The minimum atomic E-state index is -3.17. The maximum absolute atomic E-state index is 12.8. The van der Waals surface area contributed by atoms with Crippen molar-refractivity contribution in [3.8, 4) is 0 Å². The molecular formula is C20H29N5O3S. The van der Waals surface area contributed by atoms with Gasteiger partial charge in [-0.15, -0.1) is 0 Å². The van der Waals surface area contributed by atoms with E-state index in [-0.39, 0.29) is 23.5 Å². The fourth-order valence-corrected chi connectivity index (χ4v) is 6.28. The van der Waals surface area contributed by atoms with Crippen molar-refractivity contribution in [2.24, 2.45) is 0 Å². The summed E-state index contributed by atoms with van der Waals surface area (Å²) in [5.74, 6) is 0.590. The molecule has 1 amide bonds. The number of benzene rings is 1. The predicted octanol–water partition coefficient (Wildman–Crippen LogP) is 0.841. The summed E-state index contributed by atoms with van der Waals surface area (Å²) in [7, 11) is -3.17. The third-order valence-electron chi connectivity index (χ3n) is 6.02. The summed E-state index contributed by atoms with van der Waals surface area (Å²) in [6.07, 6.45) is 2.00. The number of carbonyl (C=O) groups excluding carboxylic acids is 1. The molecule has 29 heavy (non-hydrogen) atoms. The highest BCUT2D eigenvalue weighted by atomic mass is 32.2. The number of aromatic nitrogens is 2. The summed E-state index contributed by atoms with van der Waals surface area (Å²) in [6, 6.07) is 4.91. The number of hydrogen-bond acceptors (Lipinski definition) is 6. The zero-order valence-corrected chi connectivity index (χ0v) is 17.8. The molecule has 158 valence electrons. The largest absolute Gasteiger partial charge is 0.347 e. The van der Waals surface area contributed by atoms with E-state index in [2.05, 4.69) is 32.4 Å². The second kappa shape index (κ2) is 8.04. The van der Waals surface area contributed by atoms with Crippen LogP contribution in [0.1, 0.15) is 35.9 Å². The Bertz CT molecular complexity index is 995. The monoisotopic (exact) mass is 419 g/mol. The Balaban J connectivity index is 1.44. The van der Waals surface area contributed by atoms with Gasteiger partial charge < -0.3 is 20.5 Å². The van der Waals surface area contributed by atoms with Crippen LogP contribution < -0.4 is 10.6 Å². The lowest BCUT2D eigenvalue weighted by molar-refractivity contribution is 0.0932. The van der Waals surface area contributed by atoms with Crippen molar-refractivity contribution in [1.82, 2.24) is 25.5 Å². The SMILES string of the molecule is CCN1CCC(N[C@@H]2CS(=O)(=O)C[C@@H]2NC(=O)c2ccc3nc(C)[nH]c3c2)CC1. The van der Waals surface area contributed by atoms with Crippen LogP contribution in [0.5, 0.6) is 0 Å². The Kier molecular flexibility index (Phi) is 5.63. The van der Waals surface area contributed by atoms with E-state index in [9.17, 15) is 13.2 Å². The van der Waals surface area contributed by atoms with Gasteiger partial charge in [0, 0.05) is 17.6 Å². The minimum Gasteiger partial charge on any atom is -0.347 e. The van der Waals surface area contributed by atoms with Gasteiger partial charge in [-0.3, -0.25) is 4.79 Å². The molecule has 8 nitrogen and oxygen atoms in total. The van der Waals surface area contributed by atoms with Gasteiger partial charge in [-0.05, 0) is 57.6 Å². The molecule has 9 heteroatoms. The van der Waals surface area contributed by atoms with Crippen LogP contribution in [-0.2, 0) is 9.84 Å². The summed E-state index contributed by atoms with van der Waals surface area (Å²) in [5, 5.41) is 6.48. The first-order chi connectivity index (χ1) is 13.8. The number of aromatic amines is 1. The number of carbonyl (C=O) groups is 1. The molecule has 0 unspecified atom stereocenters. The topological polar surface area (TPSA) is 107 Å². The summed E-state index contributed by atoms with van der Waals surface area (Å²) in [5.41, 5.74) is 2.10. The molecule has 0 radical (unpaired) electrons. The van der Waals surface area contributed by atoms with E-state index < -0.39 is 15.9 Å². The number of hydrogen-bond donors (Lipinski definition) is 3. The number of likely N-dealkylation sites (tertiary alicyclic amines) is 1. The number of nitrogens with zero attached hydrogens (tertiary/aromatic N) is 2. The zero-order valence-electron chi connectivity index (χ0n) is 16.9. The number of amides is 1. The van der Waals surface area contributed by atoms with E-state index in [0.717, 1.165) is 49.3 Å². The first-order valence-corrected chi connectivity index (χ1v) is 12.1. The molecule has 1 aromatic carbocycles. The summed E-state index contributed by atoms with van der Waals surface area (Å²) >= 11 is 0. The van der Waals surface area contributed by atoms with E-state index in [0.29, 0.717) is 11.6 Å². The van der Waals surface area contributed by atoms with Crippen LogP contribution in [-0.4, -0.2) is 78.5 Å². The maximum atomic E-state index is 12.8. The second-order valence-electron chi connectivity index (χ2n) is 8.19. The molecule has 2 saturated heterocycles. The van der Waals surface area contributed by atoms with Crippen molar-refractivity contribution in [2.75, 3.05) is 31.1 Å². The third-order valence-corrected chi connectivity index (χ3v) is 7.75. The van der Waals surface area contributed by atoms with Gasteiger partial charge in [-0.25, -0.2) is 13.4 Å². The molecular weight excluding hydrogens is 390 g/mol. The average molecular weight is 420 g/mol. The van der Waals surface area contributed by atoms with Gasteiger partial charge in [-0.1, -0.05) is 6.92 Å². The Morgan fingerprint density at radius 2 is 1.97 bits per heavy atom. The maximum Gasteiger partial charge on any atom is 0.251 e. The summed E-state index contributed by atoms with van der Waals surface area (Å²) < 4.78 is 24.5. The fourth-order valence-electron chi connectivity index (χ4n) is 4.40. The van der Waals surface area contributed by atoms with Crippen LogP contribution in [0.3, 0.4) is 0 Å². The van der Waals surface area contributed by atoms with Gasteiger partial charge in [-0.2, -0.15) is 0 Å². The van der Waals surface area contributed by atoms with Gasteiger partial charge >= 0.3 is 0 Å². The fraction of sp³-hybridized carbons (Fsp3) is 0.600. The lowest BCUT2D eigenvalue weighted by atomic mass is 10.0. The number of aryl methyl sites for hydroxylation is 1. The van der Waals surface area contributed by atoms with Crippen molar-refractivity contribution < 1.29 is 13.2 Å². The smallest absolute Gasteiger partial charge is 0.251 e. The molecule has 2 aliphatic heterocycles. The van der Waals surface area contributed by atoms with Crippen LogP contribution in [0.15, 0.2) is 18.2 Å². The normalized spacial score (nSPS) is 25.4. The highest BCUT2D eigenvalue weighted by Crippen LogP contribution is 2.19. The van der Waals surface area contributed by atoms with Crippen molar-refractivity contribution >= 4 is 26.8 Å². The van der Waals surface area contributed by atoms with E-state index in [1.807, 2.05) is 6.92 Å². The van der Waals surface area contributed by atoms with Crippen LogP contribution in [0.25, 0.3) is 11.0 Å². The second-order valence-corrected chi connectivity index (χ2v) is 10.3. The Morgan fingerprint density at radius 3 is 2.69 bits per heavy atom. The molecule has 3 heterocycles. The van der Waals surface area contributed by atoms with E-state index in [1.54, 1.807) is 18.2 Å². The van der Waals surface area contributed by atoms with Crippen LogP contribution >= 0.6 is 0 Å². The minimum absolute atomic E-state index is 0.0182. The molecule has 2 aromatic rings. The van der Waals surface area contributed by atoms with Gasteiger partial charge in [0.05, 0.1) is 28.6 Å². The lowest BCUT2D eigenvalue weighted by Gasteiger charge is -2.34. The molecule has 2 aliphatic rings. The molecule has 3 N–H and O–H groups in total. The van der Waals surface area contributed by atoms with Crippen molar-refractivity contribution in [3.05, 3.63) is 29.6 Å². The highest BCUT2D eigenvalue weighted by molar-refractivity contribution is 7.91. The Labute approximate surface area is 171 Å². The quantitative estimate of drug-likeness (QED) is 0.663. The molecule has 0 spiro atoms. The van der Waals surface area contributed by atoms with E-state index in [1.165, 1.54) is 0 Å². The average Bonchev–Trinajstić information content (AvgIpc) is 3.19. The number of nitrogens with one attached hydrogen (secondary N) is 3. The van der Waals surface area contributed by atoms with E-state index in [4.69, 9.17) is 0 Å². The Hall–Kier alpha value is -1.97. The number of rotatable bonds is 5. The molecule has 0 aliphatic carbocycles. The van der Waals surface area contributed by atoms with Gasteiger partial charge in [0.25, 0.3) is 5.91 Å². The first-order valence-electron chi connectivity index (χ1n) is 10.3. The zero-order chi connectivity index (χ0) is 20.6. The molecule has 0 bridgehead atoms. The van der Waals surface area contributed by atoms with E-state index >= 15 is 0 Å². The number of fused-ring (bicyclic) bond motifs is 1. The molecule has 0 saturated carbocycles. The standard InChI is InChI=1S/C20H29N5O3S/c1-3-25-8-6-15(7-9-25)23-18-11-29(27,28)12-19(18)24-20(26)14-4-5-16-17(10-14)22-13(2)21-16/h4-5,10,15,18-19,23H,3,6-9,11-12H2,1-2H3,(H,21,22)(H,24,26)/t18-,19+/m1/s1. The molecule has 4 rings (SSSR count). The summed E-state index contributed by atoms with van der Waals surface area (Å²) in [6.45, 7) is 7.11. The van der Waals surface area contributed by atoms with Gasteiger partial charge in [0.2, 0.25) is 0 Å². The lowest BCUT2D eigenvalue weighted by Crippen LogP contribution is -2.54. The number of piperidine rings is 1. The van der Waals surface area contributed by atoms with Gasteiger partial charge in [0.1, 0.15) is 5.82 Å². The number of imidazole rings is 1.